The van der Waals surface area contributed by atoms with Gasteiger partial charge in [0.2, 0.25) is 10.0 Å². The molecule has 29 heavy (non-hydrogen) atoms. The van der Waals surface area contributed by atoms with Crippen molar-refractivity contribution in [2.24, 2.45) is 0 Å². The summed E-state index contributed by atoms with van der Waals surface area (Å²) in [6.07, 6.45) is 3.92. The van der Waals surface area contributed by atoms with Gasteiger partial charge in [0, 0.05) is 12.6 Å². The topological polar surface area (TPSA) is 81.1 Å². The normalized spacial score (nSPS) is 13.8. The van der Waals surface area contributed by atoms with E-state index in [1.54, 1.807) is 30.3 Å². The minimum Gasteiger partial charge on any atom is -0.268 e. The lowest BCUT2D eigenvalue weighted by molar-refractivity contribution is 0.526. The van der Waals surface area contributed by atoms with Crippen LogP contribution in [0.25, 0.3) is 11.1 Å². The summed E-state index contributed by atoms with van der Waals surface area (Å²) in [5.41, 5.74) is 3.78. The van der Waals surface area contributed by atoms with Gasteiger partial charge in [0.25, 0.3) is 5.56 Å². The van der Waals surface area contributed by atoms with Crippen molar-refractivity contribution >= 4 is 10.0 Å². The molecular formula is C22H23N3O3S. The fourth-order valence-corrected chi connectivity index (χ4v) is 4.61. The molecule has 1 heterocycles. The van der Waals surface area contributed by atoms with Crippen molar-refractivity contribution < 1.29 is 8.42 Å². The van der Waals surface area contributed by atoms with Gasteiger partial charge in [-0.15, -0.1) is 0 Å². The number of benzene rings is 2. The second kappa shape index (κ2) is 8.31. The number of aromatic nitrogens is 2. The number of aryl methyl sites for hydroxylation is 2. The van der Waals surface area contributed by atoms with E-state index in [0.717, 1.165) is 48.1 Å². The van der Waals surface area contributed by atoms with Crippen LogP contribution in [0.2, 0.25) is 0 Å². The van der Waals surface area contributed by atoms with Crippen LogP contribution in [-0.4, -0.2) is 24.7 Å². The molecule has 0 fully saturated rings. The van der Waals surface area contributed by atoms with Crippen molar-refractivity contribution in [1.82, 2.24) is 14.5 Å². The minimum absolute atomic E-state index is 0.106. The number of rotatable bonds is 6. The largest absolute Gasteiger partial charge is 0.268 e. The van der Waals surface area contributed by atoms with Crippen molar-refractivity contribution in [1.29, 1.82) is 0 Å². The molecule has 0 amide bonds. The maximum atomic E-state index is 12.6. The smallest absolute Gasteiger partial charge is 0.267 e. The summed E-state index contributed by atoms with van der Waals surface area (Å²) in [5, 5.41) is 4.42. The molecular weight excluding hydrogens is 386 g/mol. The molecule has 6 nitrogen and oxygen atoms in total. The molecule has 3 aromatic rings. The number of hydrogen-bond acceptors (Lipinski definition) is 4. The highest BCUT2D eigenvalue weighted by Crippen LogP contribution is 2.21. The molecule has 0 aliphatic heterocycles. The number of nitrogens with zero attached hydrogens (tertiary/aromatic N) is 2. The van der Waals surface area contributed by atoms with Crippen molar-refractivity contribution in [2.75, 3.05) is 6.54 Å². The Bertz CT molecular complexity index is 1150. The summed E-state index contributed by atoms with van der Waals surface area (Å²) >= 11 is 0. The van der Waals surface area contributed by atoms with Gasteiger partial charge in [-0.3, -0.25) is 4.79 Å². The molecule has 150 valence electrons. The molecule has 0 saturated heterocycles. The lowest BCUT2D eigenvalue weighted by Gasteiger charge is -2.16. The third kappa shape index (κ3) is 4.46. The minimum atomic E-state index is -3.65. The van der Waals surface area contributed by atoms with Gasteiger partial charge in [-0.1, -0.05) is 42.5 Å². The lowest BCUT2D eigenvalue weighted by atomic mass is 9.97. The SMILES string of the molecule is O=c1cc2c(nn1CCNS(=O)(=O)c1ccc(-c3ccccc3)cc1)CCCC2. The molecule has 7 heteroatoms. The predicted molar refractivity (Wildman–Crippen MR) is 112 cm³/mol. The van der Waals surface area contributed by atoms with Crippen LogP contribution in [0.15, 0.2) is 70.4 Å². The van der Waals surface area contributed by atoms with E-state index in [0.29, 0.717) is 0 Å². The second-order valence-electron chi connectivity index (χ2n) is 7.17. The second-order valence-corrected chi connectivity index (χ2v) is 8.94. The highest BCUT2D eigenvalue weighted by atomic mass is 32.2. The number of fused-ring (bicyclic) bond motifs is 1. The molecule has 0 radical (unpaired) electrons. The third-order valence-electron chi connectivity index (χ3n) is 5.16. The van der Waals surface area contributed by atoms with Crippen LogP contribution in [0.5, 0.6) is 0 Å². The van der Waals surface area contributed by atoms with E-state index in [1.807, 2.05) is 30.3 Å². The van der Waals surface area contributed by atoms with Gasteiger partial charge in [-0.2, -0.15) is 5.10 Å². The van der Waals surface area contributed by atoms with E-state index in [9.17, 15) is 13.2 Å². The zero-order valence-corrected chi connectivity index (χ0v) is 16.9. The van der Waals surface area contributed by atoms with Crippen LogP contribution < -0.4 is 10.3 Å². The Morgan fingerprint density at radius 3 is 2.38 bits per heavy atom. The Balaban J connectivity index is 1.42. The van der Waals surface area contributed by atoms with Crippen LogP contribution >= 0.6 is 0 Å². The van der Waals surface area contributed by atoms with Gasteiger partial charge in [0.1, 0.15) is 0 Å². The lowest BCUT2D eigenvalue weighted by Crippen LogP contribution is -2.33. The zero-order valence-electron chi connectivity index (χ0n) is 16.0. The highest BCUT2D eigenvalue weighted by Gasteiger charge is 2.16. The Morgan fingerprint density at radius 2 is 1.62 bits per heavy atom. The van der Waals surface area contributed by atoms with E-state index in [1.165, 1.54) is 4.68 Å². The van der Waals surface area contributed by atoms with E-state index >= 15 is 0 Å². The first kappa shape index (κ1) is 19.5. The van der Waals surface area contributed by atoms with Gasteiger partial charge in [0.15, 0.2) is 0 Å². The molecule has 0 atom stereocenters. The first-order valence-electron chi connectivity index (χ1n) is 9.78. The van der Waals surface area contributed by atoms with E-state index in [2.05, 4.69) is 9.82 Å². The number of nitrogens with one attached hydrogen (secondary N) is 1. The van der Waals surface area contributed by atoms with Gasteiger partial charge >= 0.3 is 0 Å². The molecule has 1 aliphatic rings. The van der Waals surface area contributed by atoms with Crippen molar-refractivity contribution in [2.45, 2.75) is 37.1 Å². The molecule has 4 rings (SSSR count). The maximum absolute atomic E-state index is 12.6. The maximum Gasteiger partial charge on any atom is 0.267 e. The summed E-state index contributed by atoms with van der Waals surface area (Å²) < 4.78 is 29.1. The molecule has 1 aliphatic carbocycles. The number of sulfonamides is 1. The summed E-state index contributed by atoms with van der Waals surface area (Å²) in [4.78, 5) is 12.4. The molecule has 0 bridgehead atoms. The Labute approximate surface area is 170 Å². The average Bonchev–Trinajstić information content (AvgIpc) is 2.75. The van der Waals surface area contributed by atoms with Crippen molar-refractivity contribution in [3.8, 4) is 11.1 Å². The summed E-state index contributed by atoms with van der Waals surface area (Å²) in [6.45, 7) is 0.307. The standard InChI is InChI=1S/C22H23N3O3S/c26-22-16-19-8-4-5-9-21(19)24-25(22)15-14-23-29(27,28)20-12-10-18(11-13-20)17-6-2-1-3-7-17/h1-3,6-7,10-13,16,23H,4-5,8-9,14-15H2. The van der Waals surface area contributed by atoms with Crippen LogP contribution in [0.3, 0.4) is 0 Å². The first-order chi connectivity index (χ1) is 14.0. The summed E-state index contributed by atoms with van der Waals surface area (Å²) in [7, 11) is -3.65. The van der Waals surface area contributed by atoms with Crippen LogP contribution in [0, 0.1) is 0 Å². The Morgan fingerprint density at radius 1 is 0.931 bits per heavy atom. The average molecular weight is 410 g/mol. The monoisotopic (exact) mass is 409 g/mol. The molecule has 2 aromatic carbocycles. The van der Waals surface area contributed by atoms with E-state index in [4.69, 9.17) is 0 Å². The predicted octanol–water partition coefficient (Wildman–Crippen LogP) is 2.77. The van der Waals surface area contributed by atoms with Crippen LogP contribution in [0.4, 0.5) is 0 Å². The molecule has 1 N–H and O–H groups in total. The van der Waals surface area contributed by atoms with Gasteiger partial charge in [-0.05, 0) is 54.5 Å². The van der Waals surface area contributed by atoms with Gasteiger partial charge in [-0.25, -0.2) is 17.8 Å². The van der Waals surface area contributed by atoms with Crippen molar-refractivity contribution in [3.05, 3.63) is 82.3 Å². The van der Waals surface area contributed by atoms with Crippen LogP contribution in [0.1, 0.15) is 24.1 Å². The Hall–Kier alpha value is -2.77. The molecule has 0 saturated carbocycles. The zero-order chi connectivity index (χ0) is 20.3. The molecule has 0 unspecified atom stereocenters. The molecule has 0 spiro atoms. The van der Waals surface area contributed by atoms with Gasteiger partial charge in [0.05, 0.1) is 17.1 Å². The van der Waals surface area contributed by atoms with Gasteiger partial charge < -0.3 is 0 Å². The van der Waals surface area contributed by atoms with Crippen LogP contribution in [-0.2, 0) is 29.4 Å². The van der Waals surface area contributed by atoms with E-state index in [-0.39, 0.29) is 23.5 Å². The third-order valence-corrected chi connectivity index (χ3v) is 6.64. The van der Waals surface area contributed by atoms with Crippen molar-refractivity contribution in [3.63, 3.8) is 0 Å². The first-order valence-corrected chi connectivity index (χ1v) is 11.3. The highest BCUT2D eigenvalue weighted by molar-refractivity contribution is 7.89. The fraction of sp³-hybridized carbons (Fsp3) is 0.273. The quantitative estimate of drug-likeness (QED) is 0.679. The Kier molecular flexibility index (Phi) is 5.60. The molecule has 1 aromatic heterocycles. The van der Waals surface area contributed by atoms with E-state index < -0.39 is 10.0 Å². The fourth-order valence-electron chi connectivity index (χ4n) is 3.59. The number of hydrogen-bond donors (Lipinski definition) is 1. The summed E-state index contributed by atoms with van der Waals surface area (Å²) in [6, 6.07) is 18.2. The summed E-state index contributed by atoms with van der Waals surface area (Å²) in [5.74, 6) is 0.